The molecule has 2 atom stereocenters. The molecular formula is C22H21BrN4O4S. The Morgan fingerprint density at radius 2 is 1.97 bits per heavy atom. The molecule has 166 valence electrons. The summed E-state index contributed by atoms with van der Waals surface area (Å²) in [5, 5.41) is 14.9. The highest BCUT2D eigenvalue weighted by Gasteiger charge is 2.28. The number of anilines is 1. The van der Waals surface area contributed by atoms with Crippen molar-refractivity contribution in [1.82, 2.24) is 15.5 Å². The first-order chi connectivity index (χ1) is 15.4. The lowest BCUT2D eigenvalue weighted by Crippen LogP contribution is -2.47. The average molecular weight is 517 g/mol. The minimum Gasteiger partial charge on any atom is -0.454 e. The topological polar surface area (TPSA) is 102 Å². The molecule has 1 aliphatic rings. The Balaban J connectivity index is 1.47. The number of hydrogen-bond donors (Lipinski definition) is 2. The van der Waals surface area contributed by atoms with Gasteiger partial charge < -0.3 is 14.8 Å². The standard InChI is InChI=1S/C22H21BrN4O4S/c1-3-12(2)18(24-19(28)13-7-8-16-17(10-13)31-11-30-16)20(29)25-22-27-26-21(32-22)14-5-4-6-15(23)9-14/h4-10,12,18H,3,11H2,1-2H3,(H,24,28)(H,25,27,29). The quantitative estimate of drug-likeness (QED) is 0.479. The molecule has 0 aliphatic carbocycles. The van der Waals surface area contributed by atoms with E-state index in [1.165, 1.54) is 11.3 Å². The second-order valence-electron chi connectivity index (χ2n) is 7.32. The summed E-state index contributed by atoms with van der Waals surface area (Å²) in [7, 11) is 0. The van der Waals surface area contributed by atoms with E-state index >= 15 is 0 Å². The van der Waals surface area contributed by atoms with Crippen molar-refractivity contribution in [3.8, 4) is 22.1 Å². The number of aromatic nitrogens is 2. The maximum Gasteiger partial charge on any atom is 0.252 e. The fourth-order valence-electron chi connectivity index (χ4n) is 3.16. The number of carbonyl (C=O) groups is 2. The fraction of sp³-hybridized carbons (Fsp3) is 0.273. The lowest BCUT2D eigenvalue weighted by Gasteiger charge is -2.23. The summed E-state index contributed by atoms with van der Waals surface area (Å²) >= 11 is 4.71. The molecule has 0 fully saturated rings. The molecular weight excluding hydrogens is 496 g/mol. The average Bonchev–Trinajstić information content (AvgIpc) is 3.45. The monoisotopic (exact) mass is 516 g/mol. The van der Waals surface area contributed by atoms with E-state index in [1.54, 1.807) is 18.2 Å². The van der Waals surface area contributed by atoms with Crippen LogP contribution in [0.2, 0.25) is 0 Å². The first-order valence-corrected chi connectivity index (χ1v) is 11.7. The summed E-state index contributed by atoms with van der Waals surface area (Å²) in [5.74, 6) is 0.304. The van der Waals surface area contributed by atoms with Gasteiger partial charge in [-0.2, -0.15) is 0 Å². The summed E-state index contributed by atoms with van der Waals surface area (Å²) in [6, 6.07) is 11.9. The predicted octanol–water partition coefficient (Wildman–Crippen LogP) is 4.48. The van der Waals surface area contributed by atoms with Gasteiger partial charge >= 0.3 is 0 Å². The first kappa shape index (κ1) is 22.2. The number of amides is 2. The van der Waals surface area contributed by atoms with Crippen molar-refractivity contribution < 1.29 is 19.1 Å². The summed E-state index contributed by atoms with van der Waals surface area (Å²) in [5.41, 5.74) is 1.29. The van der Waals surface area contributed by atoms with E-state index in [4.69, 9.17) is 9.47 Å². The molecule has 2 heterocycles. The Kier molecular flexibility index (Phi) is 6.71. The van der Waals surface area contributed by atoms with Crippen LogP contribution < -0.4 is 20.1 Å². The molecule has 10 heteroatoms. The molecule has 0 spiro atoms. The number of halogens is 1. The van der Waals surface area contributed by atoms with E-state index in [0.717, 1.165) is 10.0 Å². The minimum atomic E-state index is -0.740. The van der Waals surface area contributed by atoms with Gasteiger partial charge in [0.15, 0.2) is 11.5 Å². The summed E-state index contributed by atoms with van der Waals surface area (Å²) < 4.78 is 11.5. The van der Waals surface area contributed by atoms with E-state index in [1.807, 2.05) is 38.1 Å². The van der Waals surface area contributed by atoms with Gasteiger partial charge in [0.2, 0.25) is 17.8 Å². The van der Waals surface area contributed by atoms with Crippen LogP contribution in [0.25, 0.3) is 10.6 Å². The van der Waals surface area contributed by atoms with Gasteiger partial charge in [-0.1, -0.05) is 59.7 Å². The van der Waals surface area contributed by atoms with Crippen LogP contribution in [0.5, 0.6) is 11.5 Å². The van der Waals surface area contributed by atoms with E-state index in [0.29, 0.717) is 33.6 Å². The van der Waals surface area contributed by atoms with Crippen molar-refractivity contribution in [3.63, 3.8) is 0 Å². The molecule has 32 heavy (non-hydrogen) atoms. The van der Waals surface area contributed by atoms with Gasteiger partial charge in [-0.25, -0.2) is 0 Å². The molecule has 0 radical (unpaired) electrons. The number of carbonyl (C=O) groups excluding carboxylic acids is 2. The van der Waals surface area contributed by atoms with Crippen LogP contribution in [0.3, 0.4) is 0 Å². The van der Waals surface area contributed by atoms with Gasteiger partial charge in [0.1, 0.15) is 11.0 Å². The maximum atomic E-state index is 13.0. The van der Waals surface area contributed by atoms with Crippen LogP contribution in [0, 0.1) is 5.92 Å². The highest BCUT2D eigenvalue weighted by atomic mass is 79.9. The Morgan fingerprint density at radius 1 is 1.16 bits per heavy atom. The van der Waals surface area contributed by atoms with Gasteiger partial charge in [0.05, 0.1) is 0 Å². The Hall–Kier alpha value is -2.98. The predicted molar refractivity (Wildman–Crippen MR) is 125 cm³/mol. The summed E-state index contributed by atoms with van der Waals surface area (Å²) in [6.07, 6.45) is 0.707. The van der Waals surface area contributed by atoms with Crippen LogP contribution in [0.4, 0.5) is 5.13 Å². The number of benzene rings is 2. The number of rotatable bonds is 7. The van der Waals surface area contributed by atoms with Gasteiger partial charge in [-0.3, -0.25) is 14.9 Å². The highest BCUT2D eigenvalue weighted by molar-refractivity contribution is 9.10. The van der Waals surface area contributed by atoms with E-state index in [-0.39, 0.29) is 24.5 Å². The van der Waals surface area contributed by atoms with Gasteiger partial charge in [0.25, 0.3) is 5.91 Å². The van der Waals surface area contributed by atoms with Crippen LogP contribution in [0.1, 0.15) is 30.6 Å². The number of fused-ring (bicyclic) bond motifs is 1. The molecule has 8 nitrogen and oxygen atoms in total. The molecule has 0 saturated carbocycles. The van der Waals surface area contributed by atoms with Crippen molar-refractivity contribution in [2.24, 2.45) is 5.92 Å². The van der Waals surface area contributed by atoms with E-state index in [9.17, 15) is 9.59 Å². The summed E-state index contributed by atoms with van der Waals surface area (Å²) in [6.45, 7) is 4.01. The van der Waals surface area contributed by atoms with Crippen molar-refractivity contribution in [1.29, 1.82) is 0 Å². The third kappa shape index (κ3) is 4.91. The van der Waals surface area contributed by atoms with Crippen molar-refractivity contribution >= 4 is 44.2 Å². The smallest absolute Gasteiger partial charge is 0.252 e. The third-order valence-electron chi connectivity index (χ3n) is 5.14. The zero-order valence-electron chi connectivity index (χ0n) is 17.4. The third-order valence-corrected chi connectivity index (χ3v) is 6.52. The van der Waals surface area contributed by atoms with Crippen molar-refractivity contribution in [2.75, 3.05) is 12.1 Å². The van der Waals surface area contributed by atoms with Crippen molar-refractivity contribution in [3.05, 3.63) is 52.5 Å². The molecule has 3 aromatic rings. The Bertz CT molecular complexity index is 1150. The first-order valence-electron chi connectivity index (χ1n) is 10.1. The van der Waals surface area contributed by atoms with Crippen LogP contribution in [0.15, 0.2) is 46.9 Å². The van der Waals surface area contributed by atoms with Gasteiger partial charge in [-0.15, -0.1) is 10.2 Å². The molecule has 2 amide bonds. The van der Waals surface area contributed by atoms with E-state index < -0.39 is 6.04 Å². The molecule has 2 unspecified atom stereocenters. The molecule has 1 aromatic heterocycles. The summed E-state index contributed by atoms with van der Waals surface area (Å²) in [4.78, 5) is 25.9. The number of ether oxygens (including phenoxy) is 2. The molecule has 0 bridgehead atoms. The lowest BCUT2D eigenvalue weighted by atomic mass is 9.98. The number of nitrogens with zero attached hydrogens (tertiary/aromatic N) is 2. The molecule has 2 aromatic carbocycles. The SMILES string of the molecule is CCC(C)C(NC(=O)c1ccc2c(c1)OCO2)C(=O)Nc1nnc(-c2cccc(Br)c2)s1. The largest absolute Gasteiger partial charge is 0.454 e. The molecule has 1 aliphatic heterocycles. The number of nitrogens with one attached hydrogen (secondary N) is 2. The van der Waals surface area contributed by atoms with Crippen LogP contribution >= 0.6 is 27.3 Å². The van der Waals surface area contributed by atoms with Gasteiger partial charge in [0, 0.05) is 15.6 Å². The van der Waals surface area contributed by atoms with E-state index in [2.05, 4.69) is 36.8 Å². The zero-order valence-corrected chi connectivity index (χ0v) is 19.8. The molecule has 4 rings (SSSR count). The number of hydrogen-bond acceptors (Lipinski definition) is 7. The normalized spacial score (nSPS) is 14.0. The molecule has 0 saturated heterocycles. The molecule has 2 N–H and O–H groups in total. The van der Waals surface area contributed by atoms with Gasteiger partial charge in [-0.05, 0) is 36.2 Å². The zero-order chi connectivity index (χ0) is 22.7. The lowest BCUT2D eigenvalue weighted by molar-refractivity contribution is -0.119. The minimum absolute atomic E-state index is 0.0922. The van der Waals surface area contributed by atoms with Crippen LogP contribution in [-0.2, 0) is 4.79 Å². The Labute approximate surface area is 197 Å². The van der Waals surface area contributed by atoms with Crippen LogP contribution in [-0.4, -0.2) is 34.8 Å². The second kappa shape index (κ2) is 9.66. The fourth-order valence-corrected chi connectivity index (χ4v) is 4.30. The Morgan fingerprint density at radius 3 is 2.75 bits per heavy atom. The second-order valence-corrected chi connectivity index (χ2v) is 9.21. The van der Waals surface area contributed by atoms with Crippen molar-refractivity contribution in [2.45, 2.75) is 26.3 Å². The highest BCUT2D eigenvalue weighted by Crippen LogP contribution is 2.32. The maximum absolute atomic E-state index is 13.0.